The van der Waals surface area contributed by atoms with Crippen LogP contribution >= 0.6 is 11.3 Å². The second-order valence-corrected chi connectivity index (χ2v) is 5.44. The van der Waals surface area contributed by atoms with Gasteiger partial charge in [-0.25, -0.2) is 4.98 Å². The minimum atomic E-state index is -0.0660. The molecule has 3 heterocycles. The maximum Gasteiger partial charge on any atom is 0.258 e. The van der Waals surface area contributed by atoms with Gasteiger partial charge in [0.1, 0.15) is 0 Å². The number of nitrogens with one attached hydrogen (secondary N) is 1. The van der Waals surface area contributed by atoms with Crippen molar-refractivity contribution in [3.05, 3.63) is 51.9 Å². The van der Waals surface area contributed by atoms with Crippen LogP contribution in [0, 0.1) is 0 Å². The summed E-state index contributed by atoms with van der Waals surface area (Å²) < 4.78 is 12.1. The number of benzene rings is 1. The van der Waals surface area contributed by atoms with Crippen LogP contribution in [-0.2, 0) is 6.54 Å². The summed E-state index contributed by atoms with van der Waals surface area (Å²) in [6, 6.07) is 7.18. The molecule has 0 saturated heterocycles. The Balaban J connectivity index is 1.56. The van der Waals surface area contributed by atoms with Crippen molar-refractivity contribution in [1.29, 1.82) is 0 Å². The molecule has 0 unspecified atom stereocenters. The van der Waals surface area contributed by atoms with Crippen molar-refractivity contribution in [2.75, 3.05) is 12.1 Å². The normalized spacial score (nSPS) is 12.8. The van der Waals surface area contributed by atoms with E-state index in [1.54, 1.807) is 12.3 Å². The van der Waals surface area contributed by atoms with Gasteiger partial charge in [-0.05, 0) is 12.1 Å². The number of thiazole rings is 1. The van der Waals surface area contributed by atoms with Gasteiger partial charge in [-0.2, -0.15) is 0 Å². The zero-order valence-corrected chi connectivity index (χ0v) is 11.7. The lowest BCUT2D eigenvalue weighted by atomic mass is 10.2. The van der Waals surface area contributed by atoms with E-state index in [0.717, 1.165) is 17.2 Å². The Morgan fingerprint density at radius 1 is 1.29 bits per heavy atom. The lowest BCUT2D eigenvalue weighted by Crippen LogP contribution is -2.14. The molecule has 7 heteroatoms. The molecule has 21 heavy (non-hydrogen) atoms. The van der Waals surface area contributed by atoms with Gasteiger partial charge in [0, 0.05) is 29.4 Å². The summed E-state index contributed by atoms with van der Waals surface area (Å²) in [4.78, 5) is 17.0. The minimum absolute atomic E-state index is 0.0660. The number of fused-ring (bicyclic) bond motifs is 2. The molecule has 0 bridgehead atoms. The number of ether oxygens (including phenoxy) is 2. The first-order valence-corrected chi connectivity index (χ1v) is 7.27. The zero-order valence-electron chi connectivity index (χ0n) is 10.9. The minimum Gasteiger partial charge on any atom is -0.454 e. The van der Waals surface area contributed by atoms with Gasteiger partial charge in [0.05, 0.1) is 12.2 Å². The van der Waals surface area contributed by atoms with Gasteiger partial charge in [-0.1, -0.05) is 0 Å². The molecule has 0 amide bonds. The molecule has 1 aliphatic heterocycles. The van der Waals surface area contributed by atoms with E-state index in [-0.39, 0.29) is 12.4 Å². The monoisotopic (exact) mass is 301 g/mol. The topological polar surface area (TPSA) is 64.9 Å². The molecule has 2 aromatic heterocycles. The summed E-state index contributed by atoms with van der Waals surface area (Å²) in [5.74, 6) is 1.47. The quantitative estimate of drug-likeness (QED) is 0.802. The highest BCUT2D eigenvalue weighted by molar-refractivity contribution is 7.15. The predicted molar refractivity (Wildman–Crippen MR) is 79.2 cm³/mol. The van der Waals surface area contributed by atoms with Crippen LogP contribution in [0.1, 0.15) is 5.69 Å². The molecule has 4 rings (SSSR count). The van der Waals surface area contributed by atoms with Gasteiger partial charge in [0.25, 0.3) is 5.56 Å². The second-order valence-electron chi connectivity index (χ2n) is 4.56. The van der Waals surface area contributed by atoms with E-state index < -0.39 is 0 Å². The maximum atomic E-state index is 11.9. The maximum absolute atomic E-state index is 11.9. The fourth-order valence-electron chi connectivity index (χ4n) is 2.18. The molecule has 6 nitrogen and oxygen atoms in total. The van der Waals surface area contributed by atoms with Gasteiger partial charge >= 0.3 is 0 Å². The lowest BCUT2D eigenvalue weighted by Gasteiger charge is -2.07. The Labute approximate surface area is 123 Å². The molecule has 106 valence electrons. The van der Waals surface area contributed by atoms with Crippen molar-refractivity contribution >= 4 is 22.0 Å². The third-order valence-electron chi connectivity index (χ3n) is 3.20. The lowest BCUT2D eigenvalue weighted by molar-refractivity contribution is 0.174. The van der Waals surface area contributed by atoms with E-state index in [9.17, 15) is 4.79 Å². The van der Waals surface area contributed by atoms with Crippen LogP contribution in [0.25, 0.3) is 4.96 Å². The molecule has 1 aromatic carbocycles. The van der Waals surface area contributed by atoms with Crippen LogP contribution < -0.4 is 20.3 Å². The van der Waals surface area contributed by atoms with Crippen LogP contribution in [0.15, 0.2) is 40.6 Å². The first-order valence-electron chi connectivity index (χ1n) is 6.39. The standard InChI is InChI=1S/C14H11N3O3S/c18-13-6-10(16-14-17(13)3-4-21-14)7-15-9-1-2-11-12(5-9)20-8-19-11/h1-6,15H,7-8H2. The summed E-state index contributed by atoms with van der Waals surface area (Å²) in [7, 11) is 0. The number of rotatable bonds is 3. The molecule has 0 aliphatic carbocycles. The van der Waals surface area contributed by atoms with Gasteiger partial charge in [0.15, 0.2) is 16.5 Å². The average Bonchev–Trinajstić information content (AvgIpc) is 3.13. The molecule has 0 saturated carbocycles. The van der Waals surface area contributed by atoms with Gasteiger partial charge in [0.2, 0.25) is 6.79 Å². The highest BCUT2D eigenvalue weighted by atomic mass is 32.1. The Morgan fingerprint density at radius 2 is 2.19 bits per heavy atom. The summed E-state index contributed by atoms with van der Waals surface area (Å²) in [5, 5.41) is 5.08. The molecular weight excluding hydrogens is 290 g/mol. The molecule has 1 aliphatic rings. The number of hydrogen-bond donors (Lipinski definition) is 1. The third-order valence-corrected chi connectivity index (χ3v) is 3.96. The molecule has 0 radical (unpaired) electrons. The van der Waals surface area contributed by atoms with Crippen molar-refractivity contribution < 1.29 is 9.47 Å². The highest BCUT2D eigenvalue weighted by Crippen LogP contribution is 2.34. The largest absolute Gasteiger partial charge is 0.454 e. The third kappa shape index (κ3) is 2.21. The summed E-state index contributed by atoms with van der Waals surface area (Å²) in [6.45, 7) is 0.732. The average molecular weight is 301 g/mol. The van der Waals surface area contributed by atoms with Gasteiger partial charge in [-0.15, -0.1) is 11.3 Å². The molecule has 0 spiro atoms. The summed E-state index contributed by atoms with van der Waals surface area (Å²) in [6.07, 6.45) is 1.73. The van der Waals surface area contributed by atoms with E-state index in [4.69, 9.17) is 9.47 Å². The van der Waals surface area contributed by atoms with Crippen molar-refractivity contribution in [3.63, 3.8) is 0 Å². The van der Waals surface area contributed by atoms with Crippen molar-refractivity contribution in [1.82, 2.24) is 9.38 Å². The van der Waals surface area contributed by atoms with Crippen LogP contribution in [-0.4, -0.2) is 16.2 Å². The smallest absolute Gasteiger partial charge is 0.258 e. The van der Waals surface area contributed by atoms with Crippen molar-refractivity contribution in [2.24, 2.45) is 0 Å². The van der Waals surface area contributed by atoms with Gasteiger partial charge < -0.3 is 14.8 Å². The number of hydrogen-bond acceptors (Lipinski definition) is 6. The van der Waals surface area contributed by atoms with Crippen LogP contribution in [0.2, 0.25) is 0 Å². The van der Waals surface area contributed by atoms with Crippen molar-refractivity contribution in [3.8, 4) is 11.5 Å². The Bertz CT molecular complexity index is 871. The summed E-state index contributed by atoms with van der Waals surface area (Å²) >= 11 is 1.44. The van der Waals surface area contributed by atoms with Crippen LogP contribution in [0.4, 0.5) is 5.69 Å². The van der Waals surface area contributed by atoms with E-state index >= 15 is 0 Å². The van der Waals surface area contributed by atoms with E-state index in [0.29, 0.717) is 17.2 Å². The van der Waals surface area contributed by atoms with Crippen LogP contribution in [0.3, 0.4) is 0 Å². The molecule has 3 aromatic rings. The fourth-order valence-corrected chi connectivity index (χ4v) is 2.92. The van der Waals surface area contributed by atoms with Gasteiger partial charge in [-0.3, -0.25) is 9.20 Å². The molecular formula is C14H11N3O3S. The van der Waals surface area contributed by atoms with E-state index in [1.165, 1.54) is 15.7 Å². The Morgan fingerprint density at radius 3 is 3.14 bits per heavy atom. The predicted octanol–water partition coefficient (Wildman–Crippen LogP) is 2.10. The summed E-state index contributed by atoms with van der Waals surface area (Å²) in [5.41, 5.74) is 1.54. The molecule has 1 N–H and O–H groups in total. The molecule has 0 fully saturated rings. The number of anilines is 1. The Hall–Kier alpha value is -2.54. The second kappa shape index (κ2) is 4.78. The van der Waals surface area contributed by atoms with E-state index in [2.05, 4.69) is 10.3 Å². The first-order chi connectivity index (χ1) is 10.3. The van der Waals surface area contributed by atoms with Crippen molar-refractivity contribution in [2.45, 2.75) is 6.54 Å². The van der Waals surface area contributed by atoms with E-state index in [1.807, 2.05) is 23.6 Å². The Kier molecular flexibility index (Phi) is 2.78. The number of aromatic nitrogens is 2. The SMILES string of the molecule is O=c1cc(CNc2ccc3c(c2)OCO3)nc2sccn12. The fraction of sp³-hybridized carbons (Fsp3) is 0.143. The first kappa shape index (κ1) is 12.2. The molecule has 0 atom stereocenters. The van der Waals surface area contributed by atoms with Crippen LogP contribution in [0.5, 0.6) is 11.5 Å². The highest BCUT2D eigenvalue weighted by Gasteiger charge is 2.13. The zero-order chi connectivity index (χ0) is 14.2. The number of nitrogens with zero attached hydrogens (tertiary/aromatic N) is 2.